The summed E-state index contributed by atoms with van der Waals surface area (Å²) in [6, 6.07) is 10.2. The third-order valence-corrected chi connectivity index (χ3v) is 6.73. The predicted molar refractivity (Wildman–Crippen MR) is 133 cm³/mol. The molecule has 198 valence electrons. The van der Waals surface area contributed by atoms with Crippen LogP contribution in [0.3, 0.4) is 0 Å². The molecular weight excluding hydrogens is 514 g/mol. The molecule has 1 unspecified atom stereocenters. The van der Waals surface area contributed by atoms with Gasteiger partial charge in [-0.25, -0.2) is 37.2 Å². The second-order valence-corrected chi connectivity index (χ2v) is 9.52. The Bertz CT molecular complexity index is 1680. The van der Waals surface area contributed by atoms with E-state index in [4.69, 9.17) is 0 Å². The number of carbonyl (C=O) groups is 1. The first-order chi connectivity index (χ1) is 18.7. The normalized spacial score (nSPS) is 16.6. The second kappa shape index (κ2) is 9.61. The van der Waals surface area contributed by atoms with Gasteiger partial charge in [0.25, 0.3) is 5.91 Å². The number of fused-ring (bicyclic) bond motifs is 1. The zero-order valence-corrected chi connectivity index (χ0v) is 20.3. The summed E-state index contributed by atoms with van der Waals surface area (Å²) in [5, 5.41) is 6.99. The number of hydrogen-bond acceptors (Lipinski definition) is 5. The van der Waals surface area contributed by atoms with Crippen LogP contribution in [0.25, 0.3) is 28.0 Å². The molecule has 3 aromatic heterocycles. The third kappa shape index (κ3) is 5.09. The summed E-state index contributed by atoms with van der Waals surface area (Å²) in [5.74, 6) is -4.25. The topological polar surface area (TPSA) is 101 Å². The van der Waals surface area contributed by atoms with Crippen LogP contribution in [0.5, 0.6) is 0 Å². The number of rotatable bonds is 6. The van der Waals surface area contributed by atoms with Crippen LogP contribution in [0.4, 0.5) is 17.6 Å². The number of amides is 1. The van der Waals surface area contributed by atoms with E-state index >= 15 is 0 Å². The second-order valence-electron chi connectivity index (χ2n) is 9.52. The third-order valence-electron chi connectivity index (χ3n) is 6.73. The Morgan fingerprint density at radius 1 is 1.08 bits per heavy atom. The molecule has 0 aliphatic heterocycles. The van der Waals surface area contributed by atoms with Crippen LogP contribution in [0.15, 0.2) is 61.2 Å². The number of nitrogens with one attached hydrogen (secondary N) is 2. The van der Waals surface area contributed by atoms with E-state index < -0.39 is 23.6 Å². The summed E-state index contributed by atoms with van der Waals surface area (Å²) in [6.07, 6.45) is 4.20. The monoisotopic (exact) mass is 535 g/mol. The molecule has 1 atom stereocenters. The first kappa shape index (κ1) is 24.7. The zero-order valence-electron chi connectivity index (χ0n) is 20.3. The first-order valence-corrected chi connectivity index (χ1v) is 12.2. The minimum absolute atomic E-state index is 0.00295. The molecule has 3 heterocycles. The van der Waals surface area contributed by atoms with Crippen molar-refractivity contribution in [1.29, 1.82) is 0 Å². The lowest BCUT2D eigenvalue weighted by Gasteiger charge is -2.08. The lowest BCUT2D eigenvalue weighted by molar-refractivity contribution is 0.00755. The van der Waals surface area contributed by atoms with Gasteiger partial charge in [0, 0.05) is 37.1 Å². The van der Waals surface area contributed by atoms with Crippen molar-refractivity contribution in [2.24, 2.45) is 0 Å². The van der Waals surface area contributed by atoms with Crippen molar-refractivity contribution in [1.82, 2.24) is 35.0 Å². The summed E-state index contributed by atoms with van der Waals surface area (Å²) in [6.45, 7) is -0.00295. The Labute approximate surface area is 219 Å². The molecule has 1 aliphatic rings. The molecule has 0 bridgehead atoms. The van der Waals surface area contributed by atoms with Crippen LogP contribution in [0.1, 0.15) is 47.1 Å². The Morgan fingerprint density at radius 2 is 1.90 bits per heavy atom. The van der Waals surface area contributed by atoms with Crippen molar-refractivity contribution < 1.29 is 22.4 Å². The maximum Gasteiger partial charge on any atom is 0.272 e. The zero-order chi connectivity index (χ0) is 27.1. The molecule has 8 nitrogen and oxygen atoms in total. The lowest BCUT2D eigenvalue weighted by Crippen LogP contribution is -2.24. The Balaban J connectivity index is 1.19. The van der Waals surface area contributed by atoms with Crippen molar-refractivity contribution in [3.63, 3.8) is 0 Å². The summed E-state index contributed by atoms with van der Waals surface area (Å²) < 4.78 is 56.6. The quantitative estimate of drug-likeness (QED) is 0.287. The van der Waals surface area contributed by atoms with E-state index in [-0.39, 0.29) is 48.5 Å². The highest BCUT2D eigenvalue weighted by Gasteiger charge is 2.41. The van der Waals surface area contributed by atoms with Crippen molar-refractivity contribution in [2.75, 3.05) is 0 Å². The molecule has 6 rings (SSSR count). The molecule has 2 N–H and O–H groups in total. The van der Waals surface area contributed by atoms with Crippen molar-refractivity contribution in [2.45, 2.75) is 37.6 Å². The fourth-order valence-electron chi connectivity index (χ4n) is 4.79. The van der Waals surface area contributed by atoms with E-state index in [1.165, 1.54) is 30.6 Å². The van der Waals surface area contributed by atoms with Gasteiger partial charge in [0.2, 0.25) is 5.92 Å². The smallest absolute Gasteiger partial charge is 0.272 e. The van der Waals surface area contributed by atoms with Crippen LogP contribution >= 0.6 is 0 Å². The molecule has 0 saturated heterocycles. The summed E-state index contributed by atoms with van der Waals surface area (Å²) >= 11 is 0. The van der Waals surface area contributed by atoms with Crippen molar-refractivity contribution in [3.05, 3.63) is 89.9 Å². The summed E-state index contributed by atoms with van der Waals surface area (Å²) in [7, 11) is 0. The lowest BCUT2D eigenvalue weighted by atomic mass is 10.1. The van der Waals surface area contributed by atoms with Crippen LogP contribution < -0.4 is 5.32 Å². The van der Waals surface area contributed by atoms with E-state index in [1.54, 1.807) is 35.3 Å². The number of carbonyl (C=O) groups excluding carboxylic acids is 1. The molecule has 1 aliphatic carbocycles. The maximum absolute atomic E-state index is 14.5. The maximum atomic E-state index is 14.5. The van der Waals surface area contributed by atoms with Gasteiger partial charge in [0.1, 0.15) is 29.3 Å². The van der Waals surface area contributed by atoms with Crippen molar-refractivity contribution in [3.8, 4) is 16.8 Å². The van der Waals surface area contributed by atoms with E-state index in [9.17, 15) is 22.4 Å². The number of alkyl halides is 2. The Hall–Kier alpha value is -4.61. The average molecular weight is 536 g/mol. The molecule has 5 aromatic rings. The highest BCUT2D eigenvalue weighted by molar-refractivity contribution is 6.02. The predicted octanol–water partition coefficient (Wildman–Crippen LogP) is 5.32. The van der Waals surface area contributed by atoms with Crippen LogP contribution in [-0.4, -0.2) is 41.5 Å². The SMILES string of the molecule is O=C(NCc1cc(F)cc(-c2cnn(-c3ccc(F)cc3)c2)c1)c1ncnc2nc(C3CCC(F)(F)C3)[nH]c12. The largest absolute Gasteiger partial charge is 0.347 e. The molecule has 0 radical (unpaired) electrons. The number of halogens is 4. The van der Waals surface area contributed by atoms with Gasteiger partial charge in [0.15, 0.2) is 11.3 Å². The number of aromatic nitrogens is 6. The standard InChI is InChI=1S/C27H21F4N7O/c28-19-1-3-21(4-2-19)38-13-18(12-35-38)17-7-15(8-20(29)9-17)11-32-26(39)23-22-25(34-14-33-23)37-24(36-22)16-5-6-27(30,31)10-16/h1-4,7-9,12-14,16H,5-6,10-11H2,(H,32,39)(H,33,34,36,37). The Kier molecular flexibility index (Phi) is 6.09. The van der Waals surface area contributed by atoms with Crippen LogP contribution in [-0.2, 0) is 6.54 Å². The van der Waals surface area contributed by atoms with Crippen molar-refractivity contribution >= 4 is 17.1 Å². The molecule has 1 amide bonds. The van der Waals surface area contributed by atoms with Gasteiger partial charge in [-0.3, -0.25) is 4.79 Å². The molecule has 1 saturated carbocycles. The van der Waals surface area contributed by atoms with E-state index in [0.717, 1.165) is 0 Å². The van der Waals surface area contributed by atoms with Gasteiger partial charge in [0.05, 0.1) is 11.9 Å². The van der Waals surface area contributed by atoms with Gasteiger partial charge in [-0.05, 0) is 60.0 Å². The minimum Gasteiger partial charge on any atom is -0.347 e. The molecule has 1 fully saturated rings. The molecule has 0 spiro atoms. The van der Waals surface area contributed by atoms with E-state index in [0.29, 0.717) is 28.2 Å². The van der Waals surface area contributed by atoms with E-state index in [2.05, 4.69) is 30.4 Å². The minimum atomic E-state index is -2.74. The van der Waals surface area contributed by atoms with Crippen LogP contribution in [0.2, 0.25) is 0 Å². The number of aromatic amines is 1. The number of nitrogens with zero attached hydrogens (tertiary/aromatic N) is 5. The van der Waals surface area contributed by atoms with Gasteiger partial charge in [-0.15, -0.1) is 0 Å². The first-order valence-electron chi connectivity index (χ1n) is 12.2. The molecular formula is C27H21F4N7O. The fraction of sp³-hybridized carbons (Fsp3) is 0.222. The number of hydrogen-bond donors (Lipinski definition) is 2. The number of H-pyrrole nitrogens is 1. The Morgan fingerprint density at radius 3 is 2.67 bits per heavy atom. The number of benzene rings is 2. The summed E-state index contributed by atoms with van der Waals surface area (Å²) in [4.78, 5) is 28.4. The van der Waals surface area contributed by atoms with Gasteiger partial charge in [-0.1, -0.05) is 0 Å². The molecule has 39 heavy (non-hydrogen) atoms. The number of imidazole rings is 1. The average Bonchev–Trinajstić information content (AvgIpc) is 3.65. The summed E-state index contributed by atoms with van der Waals surface area (Å²) in [5.41, 5.74) is 2.80. The van der Waals surface area contributed by atoms with Gasteiger partial charge < -0.3 is 10.3 Å². The fourth-order valence-corrected chi connectivity index (χ4v) is 4.79. The highest BCUT2D eigenvalue weighted by atomic mass is 19.3. The van der Waals surface area contributed by atoms with Gasteiger partial charge >= 0.3 is 0 Å². The van der Waals surface area contributed by atoms with Crippen LogP contribution in [0, 0.1) is 11.6 Å². The molecule has 2 aromatic carbocycles. The highest BCUT2D eigenvalue weighted by Crippen LogP contribution is 2.43. The van der Waals surface area contributed by atoms with Gasteiger partial charge in [-0.2, -0.15) is 5.10 Å². The van der Waals surface area contributed by atoms with E-state index in [1.807, 2.05) is 0 Å². The molecule has 12 heteroatoms.